The number of aromatic nitrogens is 3. The molecule has 0 aliphatic carbocycles. The van der Waals surface area contributed by atoms with Crippen LogP contribution < -0.4 is 4.90 Å². The van der Waals surface area contributed by atoms with Gasteiger partial charge in [-0.3, -0.25) is 0 Å². The molecule has 1 aromatic carbocycles. The number of anilines is 1. The smallest absolute Gasteiger partial charge is 0.355 e. The van der Waals surface area contributed by atoms with E-state index in [1.165, 1.54) is 23.5 Å². The maximum atomic E-state index is 13.7. The quantitative estimate of drug-likeness (QED) is 0.293. The Kier molecular flexibility index (Phi) is 8.74. The van der Waals surface area contributed by atoms with Crippen LogP contribution in [0.25, 0.3) is 16.3 Å². The molecule has 0 atom stereocenters. The number of carbonyl (C=O) groups excluding carboxylic acids is 2. The van der Waals surface area contributed by atoms with Crippen molar-refractivity contribution in [2.24, 2.45) is 5.92 Å². The Labute approximate surface area is 208 Å². The zero-order valence-electron chi connectivity index (χ0n) is 19.3. The normalized spacial score (nSPS) is 14.6. The minimum atomic E-state index is -4.14. The van der Waals surface area contributed by atoms with E-state index < -0.39 is 12.1 Å². The maximum absolute atomic E-state index is 13.7. The van der Waals surface area contributed by atoms with Crippen LogP contribution >= 0.6 is 23.1 Å². The van der Waals surface area contributed by atoms with Gasteiger partial charge in [0, 0.05) is 30.1 Å². The van der Waals surface area contributed by atoms with Crippen LogP contribution in [0.15, 0.2) is 34.7 Å². The van der Waals surface area contributed by atoms with Gasteiger partial charge in [-0.2, -0.15) is 32.8 Å². The fraction of sp³-hybridized carbons (Fsp3) is 0.435. The molecule has 3 heterocycles. The van der Waals surface area contributed by atoms with Crippen molar-refractivity contribution in [3.8, 4) is 16.3 Å². The molecular formula is C23H24F4N4O2S2. The van der Waals surface area contributed by atoms with Crippen molar-refractivity contribution in [3.05, 3.63) is 42.0 Å². The van der Waals surface area contributed by atoms with Crippen LogP contribution in [0.4, 0.5) is 23.4 Å². The summed E-state index contributed by atoms with van der Waals surface area (Å²) in [6, 6.07) is 6.35. The van der Waals surface area contributed by atoms with Gasteiger partial charge in [0.25, 0.3) is 0 Å². The third-order valence-electron chi connectivity index (χ3n) is 5.40. The molecule has 0 spiro atoms. The Morgan fingerprint density at radius 1 is 1.20 bits per heavy atom. The van der Waals surface area contributed by atoms with E-state index in [1.54, 1.807) is 22.5 Å². The van der Waals surface area contributed by atoms with E-state index >= 15 is 0 Å². The zero-order valence-corrected chi connectivity index (χ0v) is 20.9. The van der Waals surface area contributed by atoms with E-state index in [2.05, 4.69) is 18.9 Å². The monoisotopic (exact) mass is 528 g/mol. The van der Waals surface area contributed by atoms with Gasteiger partial charge < -0.3 is 4.90 Å². The molecule has 0 bridgehead atoms. The molecule has 0 radical (unpaired) electrons. The first-order chi connectivity index (χ1) is 16.5. The van der Waals surface area contributed by atoms with E-state index in [0.717, 1.165) is 26.8 Å². The summed E-state index contributed by atoms with van der Waals surface area (Å²) in [4.78, 5) is 23.0. The SMILES string of the molecule is Cc1nn(-c2nc(N3CCC(C(F)(F)F)CC3)c(SC(C)C)s2)cc1-c1cccc(F)c1.O=C=O. The van der Waals surface area contributed by atoms with Gasteiger partial charge in [0.15, 0.2) is 5.82 Å². The number of aryl methyl sites for hydroxylation is 1. The molecule has 0 amide bonds. The molecular weight excluding hydrogens is 504 g/mol. The molecule has 0 N–H and O–H groups in total. The summed E-state index contributed by atoms with van der Waals surface area (Å²) in [5.74, 6) is -0.838. The van der Waals surface area contributed by atoms with Gasteiger partial charge in [-0.15, -0.1) is 11.8 Å². The Morgan fingerprint density at radius 2 is 1.86 bits per heavy atom. The standard InChI is InChI=1S/C22H24F4N4S2.CO2/c1-13(2)31-20-19(29-9-7-16(8-10-29)22(24,25)26)27-21(32-20)30-12-18(14(3)28-30)15-5-4-6-17(23)11-15;2-1-3/h4-6,11-13,16H,7-10H2,1-3H3;. The number of piperidine rings is 1. The van der Waals surface area contributed by atoms with Crippen molar-refractivity contribution in [2.45, 2.75) is 49.2 Å². The first-order valence-corrected chi connectivity index (χ1v) is 12.5. The van der Waals surface area contributed by atoms with Gasteiger partial charge in [0.1, 0.15) is 10.0 Å². The fourth-order valence-electron chi connectivity index (χ4n) is 3.79. The highest BCUT2D eigenvalue weighted by molar-refractivity contribution is 8.01. The molecule has 2 aromatic heterocycles. The molecule has 4 rings (SSSR count). The van der Waals surface area contributed by atoms with Crippen LogP contribution in [0.2, 0.25) is 0 Å². The minimum absolute atomic E-state index is 0.0761. The van der Waals surface area contributed by atoms with Gasteiger partial charge in [0.05, 0.1) is 11.6 Å². The van der Waals surface area contributed by atoms with E-state index in [1.807, 2.05) is 24.1 Å². The number of hydrogen-bond donors (Lipinski definition) is 0. The molecule has 188 valence electrons. The summed E-state index contributed by atoms with van der Waals surface area (Å²) in [5.41, 5.74) is 2.29. The number of benzene rings is 1. The summed E-state index contributed by atoms with van der Waals surface area (Å²) >= 11 is 3.13. The number of thioether (sulfide) groups is 1. The molecule has 0 unspecified atom stereocenters. The summed E-state index contributed by atoms with van der Waals surface area (Å²) in [6.07, 6.45) is -1.92. The summed E-state index contributed by atoms with van der Waals surface area (Å²) in [7, 11) is 0. The predicted molar refractivity (Wildman–Crippen MR) is 126 cm³/mol. The van der Waals surface area contributed by atoms with Crippen LogP contribution in [-0.4, -0.2) is 45.4 Å². The van der Waals surface area contributed by atoms with Gasteiger partial charge in [-0.25, -0.2) is 9.07 Å². The van der Waals surface area contributed by atoms with E-state index in [9.17, 15) is 17.6 Å². The lowest BCUT2D eigenvalue weighted by Crippen LogP contribution is -2.39. The van der Waals surface area contributed by atoms with E-state index in [0.29, 0.717) is 23.5 Å². The summed E-state index contributed by atoms with van der Waals surface area (Å²) in [6.45, 7) is 6.65. The Balaban J connectivity index is 0.00000108. The fourth-order valence-corrected chi connectivity index (χ4v) is 6.25. The third-order valence-corrected chi connectivity index (χ3v) is 7.63. The van der Waals surface area contributed by atoms with Gasteiger partial charge in [0.2, 0.25) is 5.13 Å². The van der Waals surface area contributed by atoms with Gasteiger partial charge in [-0.05, 0) is 37.5 Å². The second kappa shape index (κ2) is 11.4. The topological polar surface area (TPSA) is 68.1 Å². The van der Waals surface area contributed by atoms with Crippen molar-refractivity contribution >= 4 is 35.1 Å². The average molecular weight is 529 g/mol. The van der Waals surface area contributed by atoms with Crippen LogP contribution in [-0.2, 0) is 9.59 Å². The van der Waals surface area contributed by atoms with Crippen molar-refractivity contribution < 1.29 is 27.2 Å². The predicted octanol–water partition coefficient (Wildman–Crippen LogP) is 6.14. The summed E-state index contributed by atoms with van der Waals surface area (Å²) in [5, 5.41) is 5.52. The van der Waals surface area contributed by atoms with E-state index in [-0.39, 0.29) is 24.8 Å². The number of alkyl halides is 3. The molecule has 12 heteroatoms. The number of hydrogen-bond acceptors (Lipinski definition) is 7. The molecule has 0 saturated carbocycles. The molecule has 3 aromatic rings. The zero-order chi connectivity index (χ0) is 25.8. The van der Waals surface area contributed by atoms with Crippen LogP contribution in [0.1, 0.15) is 32.4 Å². The van der Waals surface area contributed by atoms with Crippen molar-refractivity contribution in [1.82, 2.24) is 14.8 Å². The number of halogens is 4. The second-order valence-electron chi connectivity index (χ2n) is 8.24. The first kappa shape index (κ1) is 26.9. The molecule has 1 aliphatic heterocycles. The molecule has 6 nitrogen and oxygen atoms in total. The molecule has 1 aliphatic rings. The number of thiazole rings is 1. The first-order valence-electron chi connectivity index (χ1n) is 10.8. The average Bonchev–Trinajstić information content (AvgIpc) is 3.37. The number of nitrogens with zero attached hydrogens (tertiary/aromatic N) is 4. The Morgan fingerprint density at radius 3 is 2.43 bits per heavy atom. The summed E-state index contributed by atoms with van der Waals surface area (Å²) < 4.78 is 55.6. The van der Waals surface area contributed by atoms with Crippen LogP contribution in [0.3, 0.4) is 0 Å². The molecule has 1 saturated heterocycles. The highest BCUT2D eigenvalue weighted by Crippen LogP contribution is 2.42. The highest BCUT2D eigenvalue weighted by atomic mass is 32.2. The second-order valence-corrected chi connectivity index (χ2v) is 11.1. The lowest BCUT2D eigenvalue weighted by atomic mass is 9.96. The maximum Gasteiger partial charge on any atom is 0.391 e. The molecule has 1 fully saturated rings. The van der Waals surface area contributed by atoms with Gasteiger partial charge in [-0.1, -0.05) is 37.3 Å². The molecule has 35 heavy (non-hydrogen) atoms. The lowest BCUT2D eigenvalue weighted by molar-refractivity contribution is -0.191. The third kappa shape index (κ3) is 6.71. The van der Waals surface area contributed by atoms with Crippen LogP contribution in [0.5, 0.6) is 0 Å². The van der Waals surface area contributed by atoms with E-state index in [4.69, 9.17) is 14.6 Å². The minimum Gasteiger partial charge on any atom is -0.355 e. The highest BCUT2D eigenvalue weighted by Gasteiger charge is 2.41. The Bertz CT molecular complexity index is 1180. The van der Waals surface area contributed by atoms with Crippen LogP contribution in [0, 0.1) is 18.7 Å². The van der Waals surface area contributed by atoms with Gasteiger partial charge >= 0.3 is 12.3 Å². The van der Waals surface area contributed by atoms with Crippen molar-refractivity contribution in [2.75, 3.05) is 18.0 Å². The number of rotatable bonds is 5. The van der Waals surface area contributed by atoms with Crippen molar-refractivity contribution in [3.63, 3.8) is 0 Å². The Hall–Kier alpha value is -2.69. The van der Waals surface area contributed by atoms with Crippen molar-refractivity contribution in [1.29, 1.82) is 0 Å². The lowest BCUT2D eigenvalue weighted by Gasteiger charge is -2.33. The largest absolute Gasteiger partial charge is 0.391 e.